The maximum Gasteiger partial charge on any atom is 0.248 e. The largest absolute Gasteiger partial charge is 0.488 e. The van der Waals surface area contributed by atoms with E-state index in [1.165, 1.54) is 6.08 Å². The molecule has 150 valence electrons. The molecule has 0 spiro atoms. The fraction of sp³-hybridized carbons (Fsp3) is 0.273. The first kappa shape index (κ1) is 19.5. The number of nitrogens with one attached hydrogen (secondary N) is 1. The standard InChI is InChI=1S/C22H22ClN3O3/c23-22-17(26-14-4-3-7-20(26)25-22)12-13-21(28)24-15-8-10-16(11-9-15)29-19-6-2-1-5-18(19)27/h3-4,7-14,18-19,27H,1-2,5-6H2,(H,24,28). The Hall–Kier alpha value is -2.83. The van der Waals surface area contributed by atoms with Gasteiger partial charge in [-0.2, -0.15) is 0 Å². The van der Waals surface area contributed by atoms with E-state index in [0.717, 1.165) is 31.3 Å². The Balaban J connectivity index is 1.38. The lowest BCUT2D eigenvalue weighted by atomic mass is 9.95. The maximum atomic E-state index is 12.3. The van der Waals surface area contributed by atoms with Gasteiger partial charge in [0.05, 0.1) is 11.8 Å². The Morgan fingerprint density at radius 2 is 2.00 bits per heavy atom. The maximum absolute atomic E-state index is 12.3. The van der Waals surface area contributed by atoms with Crippen molar-refractivity contribution in [2.75, 3.05) is 5.32 Å². The van der Waals surface area contributed by atoms with E-state index >= 15 is 0 Å². The number of halogens is 1. The third kappa shape index (κ3) is 4.60. The predicted octanol–water partition coefficient (Wildman–Crippen LogP) is 4.32. The van der Waals surface area contributed by atoms with Crippen LogP contribution in [-0.2, 0) is 4.79 Å². The number of amides is 1. The number of carbonyl (C=O) groups excluding carboxylic acids is 1. The minimum Gasteiger partial charge on any atom is -0.488 e. The zero-order valence-corrected chi connectivity index (χ0v) is 16.5. The lowest BCUT2D eigenvalue weighted by Gasteiger charge is -2.28. The number of pyridine rings is 1. The van der Waals surface area contributed by atoms with Crippen LogP contribution >= 0.6 is 11.6 Å². The number of aliphatic hydroxyl groups is 1. The summed E-state index contributed by atoms with van der Waals surface area (Å²) in [5.41, 5.74) is 2.02. The number of rotatable bonds is 5. The minimum atomic E-state index is -0.417. The molecule has 2 atom stereocenters. The lowest BCUT2D eigenvalue weighted by Crippen LogP contribution is -2.34. The molecule has 1 amide bonds. The summed E-state index contributed by atoms with van der Waals surface area (Å²) in [5.74, 6) is 0.408. The second kappa shape index (κ2) is 8.68. The van der Waals surface area contributed by atoms with Crippen molar-refractivity contribution in [1.82, 2.24) is 9.38 Å². The van der Waals surface area contributed by atoms with E-state index in [1.54, 1.807) is 30.3 Å². The van der Waals surface area contributed by atoms with Crippen molar-refractivity contribution in [1.29, 1.82) is 0 Å². The molecule has 2 unspecified atom stereocenters. The van der Waals surface area contributed by atoms with Gasteiger partial charge in [-0.3, -0.25) is 9.20 Å². The number of anilines is 1. The van der Waals surface area contributed by atoms with Gasteiger partial charge < -0.3 is 15.2 Å². The van der Waals surface area contributed by atoms with E-state index in [4.69, 9.17) is 16.3 Å². The molecule has 29 heavy (non-hydrogen) atoms. The molecular formula is C22H22ClN3O3. The summed E-state index contributed by atoms with van der Waals surface area (Å²) < 4.78 is 7.69. The van der Waals surface area contributed by atoms with Crippen molar-refractivity contribution in [3.8, 4) is 5.75 Å². The van der Waals surface area contributed by atoms with Crippen LogP contribution in [0.5, 0.6) is 5.75 Å². The van der Waals surface area contributed by atoms with Crippen LogP contribution in [0.25, 0.3) is 11.7 Å². The average Bonchev–Trinajstić information content (AvgIpc) is 3.04. The fourth-order valence-corrected chi connectivity index (χ4v) is 3.72. The van der Waals surface area contributed by atoms with Crippen LogP contribution in [-0.4, -0.2) is 32.6 Å². The Morgan fingerprint density at radius 3 is 2.79 bits per heavy atom. The SMILES string of the molecule is O=C(C=Cc1c(Cl)nc2ccccn12)Nc1ccc(OC2CCCCC2O)cc1. The van der Waals surface area contributed by atoms with E-state index in [9.17, 15) is 9.90 Å². The first-order chi connectivity index (χ1) is 14.1. The summed E-state index contributed by atoms with van der Waals surface area (Å²) in [4.78, 5) is 16.5. The highest BCUT2D eigenvalue weighted by molar-refractivity contribution is 6.31. The highest BCUT2D eigenvalue weighted by Crippen LogP contribution is 2.25. The van der Waals surface area contributed by atoms with Crippen LogP contribution in [0.4, 0.5) is 5.69 Å². The molecule has 1 aliphatic carbocycles. The van der Waals surface area contributed by atoms with Gasteiger partial charge in [0.25, 0.3) is 0 Å². The van der Waals surface area contributed by atoms with Crippen LogP contribution < -0.4 is 10.1 Å². The van der Waals surface area contributed by atoms with Crippen molar-refractivity contribution in [3.63, 3.8) is 0 Å². The molecule has 1 saturated carbocycles. The normalized spacial score (nSPS) is 19.5. The van der Waals surface area contributed by atoms with Gasteiger partial charge in [0, 0.05) is 18.0 Å². The van der Waals surface area contributed by atoms with E-state index in [-0.39, 0.29) is 12.0 Å². The van der Waals surface area contributed by atoms with E-state index in [2.05, 4.69) is 10.3 Å². The minimum absolute atomic E-state index is 0.164. The third-order valence-corrected chi connectivity index (χ3v) is 5.27. The number of fused-ring (bicyclic) bond motifs is 1. The summed E-state index contributed by atoms with van der Waals surface area (Å²) >= 11 is 6.17. The van der Waals surface area contributed by atoms with Gasteiger partial charge >= 0.3 is 0 Å². The number of imidazole rings is 1. The molecule has 1 aliphatic rings. The van der Waals surface area contributed by atoms with Crippen LogP contribution in [0.15, 0.2) is 54.7 Å². The summed E-state index contributed by atoms with van der Waals surface area (Å²) in [6, 6.07) is 12.7. The molecule has 4 rings (SSSR count). The zero-order chi connectivity index (χ0) is 20.2. The van der Waals surface area contributed by atoms with E-state index in [0.29, 0.717) is 22.3 Å². The lowest BCUT2D eigenvalue weighted by molar-refractivity contribution is -0.111. The Bertz CT molecular complexity index is 1030. The molecule has 0 aliphatic heterocycles. The number of carbonyl (C=O) groups is 1. The summed E-state index contributed by atoms with van der Waals surface area (Å²) in [5, 5.41) is 13.2. The Kier molecular flexibility index (Phi) is 5.83. The van der Waals surface area contributed by atoms with Crippen LogP contribution in [0.1, 0.15) is 31.4 Å². The number of aromatic nitrogens is 2. The highest BCUT2D eigenvalue weighted by atomic mass is 35.5. The monoisotopic (exact) mass is 411 g/mol. The topological polar surface area (TPSA) is 75.9 Å². The van der Waals surface area contributed by atoms with Crippen LogP contribution in [0, 0.1) is 0 Å². The van der Waals surface area contributed by atoms with Gasteiger partial charge in [0.2, 0.25) is 5.91 Å². The third-order valence-electron chi connectivity index (χ3n) is 4.99. The molecule has 3 aromatic rings. The number of ether oxygens (including phenoxy) is 1. The molecule has 2 heterocycles. The second-order valence-electron chi connectivity index (χ2n) is 7.07. The number of benzene rings is 1. The molecule has 6 nitrogen and oxygen atoms in total. The Labute approximate surface area is 173 Å². The van der Waals surface area contributed by atoms with Crippen molar-refractivity contribution < 1.29 is 14.6 Å². The number of hydrogen-bond acceptors (Lipinski definition) is 4. The molecule has 2 aromatic heterocycles. The first-order valence-corrected chi connectivity index (χ1v) is 10.0. The predicted molar refractivity (Wildman–Crippen MR) is 113 cm³/mol. The highest BCUT2D eigenvalue weighted by Gasteiger charge is 2.24. The summed E-state index contributed by atoms with van der Waals surface area (Å²) in [7, 11) is 0. The van der Waals surface area contributed by atoms with Gasteiger partial charge in [0.1, 0.15) is 17.5 Å². The van der Waals surface area contributed by atoms with Crippen LogP contribution in [0.3, 0.4) is 0 Å². The van der Waals surface area contributed by atoms with E-state index in [1.807, 2.05) is 28.8 Å². The van der Waals surface area contributed by atoms with Crippen molar-refractivity contribution in [2.45, 2.75) is 37.9 Å². The quantitative estimate of drug-likeness (QED) is 0.613. The van der Waals surface area contributed by atoms with Crippen molar-refractivity contribution in [3.05, 3.63) is 65.6 Å². The van der Waals surface area contributed by atoms with Gasteiger partial charge in [-0.15, -0.1) is 0 Å². The Morgan fingerprint density at radius 1 is 1.21 bits per heavy atom. The van der Waals surface area contributed by atoms with Gasteiger partial charge in [-0.05, 0) is 61.7 Å². The van der Waals surface area contributed by atoms with Crippen molar-refractivity contribution in [2.24, 2.45) is 0 Å². The number of nitrogens with zero attached hydrogens (tertiary/aromatic N) is 2. The molecule has 0 radical (unpaired) electrons. The number of aliphatic hydroxyl groups excluding tert-OH is 1. The first-order valence-electron chi connectivity index (χ1n) is 9.66. The molecule has 0 saturated heterocycles. The van der Waals surface area contributed by atoms with Crippen LogP contribution in [0.2, 0.25) is 5.15 Å². The second-order valence-corrected chi connectivity index (χ2v) is 7.43. The smallest absolute Gasteiger partial charge is 0.248 e. The van der Waals surface area contributed by atoms with E-state index < -0.39 is 6.10 Å². The van der Waals surface area contributed by atoms with Crippen molar-refractivity contribution >= 4 is 34.9 Å². The summed E-state index contributed by atoms with van der Waals surface area (Å²) in [6.45, 7) is 0. The average molecular weight is 412 g/mol. The number of hydrogen-bond donors (Lipinski definition) is 2. The molecule has 1 fully saturated rings. The zero-order valence-electron chi connectivity index (χ0n) is 15.8. The van der Waals surface area contributed by atoms with Gasteiger partial charge in [-0.25, -0.2) is 4.98 Å². The molecule has 2 N–H and O–H groups in total. The van der Waals surface area contributed by atoms with Gasteiger partial charge in [0.15, 0.2) is 5.15 Å². The fourth-order valence-electron chi connectivity index (χ4n) is 3.48. The molecular weight excluding hydrogens is 390 g/mol. The summed E-state index contributed by atoms with van der Waals surface area (Å²) in [6.07, 6.45) is 8.07. The molecule has 1 aromatic carbocycles. The molecule has 0 bridgehead atoms. The van der Waals surface area contributed by atoms with Gasteiger partial charge in [-0.1, -0.05) is 24.1 Å². The molecule has 7 heteroatoms.